The molecular weight excluding hydrogens is 368 g/mol. The molecule has 2 aromatic rings. The Morgan fingerprint density at radius 2 is 1.79 bits per heavy atom. The summed E-state index contributed by atoms with van der Waals surface area (Å²) < 4.78 is 0. The summed E-state index contributed by atoms with van der Waals surface area (Å²) in [4.78, 5) is 15.0. The normalized spacial score (nSPS) is 16.1. The number of benzene rings is 2. The van der Waals surface area contributed by atoms with E-state index in [1.807, 2.05) is 0 Å². The van der Waals surface area contributed by atoms with Crippen molar-refractivity contribution in [2.75, 3.05) is 13.1 Å². The molecule has 28 heavy (non-hydrogen) atoms. The van der Waals surface area contributed by atoms with Crippen molar-refractivity contribution < 1.29 is 4.79 Å². The molecule has 0 aromatic heterocycles. The van der Waals surface area contributed by atoms with Crippen LogP contribution in [0.3, 0.4) is 0 Å². The first-order valence-electron chi connectivity index (χ1n) is 10.5. The van der Waals surface area contributed by atoms with E-state index in [0.29, 0.717) is 23.2 Å². The zero-order valence-corrected chi connectivity index (χ0v) is 17.8. The topological polar surface area (TPSA) is 32.3 Å². The predicted octanol–water partition coefficient (Wildman–Crippen LogP) is 5.25. The highest BCUT2D eigenvalue weighted by atomic mass is 35.5. The zero-order chi connectivity index (χ0) is 19.9. The van der Waals surface area contributed by atoms with Crippen LogP contribution in [0.15, 0.2) is 42.5 Å². The molecule has 4 heteroatoms. The molecule has 3 rings (SSSR count). The molecule has 1 N–H and O–H groups in total. The number of nitrogens with one attached hydrogen (secondary N) is 1. The van der Waals surface area contributed by atoms with Crippen molar-refractivity contribution in [2.24, 2.45) is 0 Å². The Labute approximate surface area is 174 Å². The molecule has 0 fully saturated rings. The Morgan fingerprint density at radius 3 is 2.46 bits per heavy atom. The molecule has 1 unspecified atom stereocenters. The maximum absolute atomic E-state index is 12.3. The second-order valence-corrected chi connectivity index (χ2v) is 8.16. The predicted molar refractivity (Wildman–Crippen MR) is 117 cm³/mol. The van der Waals surface area contributed by atoms with Gasteiger partial charge in [-0.3, -0.25) is 4.79 Å². The van der Waals surface area contributed by atoms with Crippen molar-refractivity contribution in [3.8, 4) is 0 Å². The third kappa shape index (κ3) is 5.36. The van der Waals surface area contributed by atoms with E-state index >= 15 is 0 Å². The van der Waals surface area contributed by atoms with Crippen LogP contribution in [0.4, 0.5) is 0 Å². The maximum Gasteiger partial charge on any atom is 0.251 e. The van der Waals surface area contributed by atoms with Gasteiger partial charge in [0.25, 0.3) is 5.91 Å². The highest BCUT2D eigenvalue weighted by Gasteiger charge is 2.23. The molecule has 0 aliphatic heterocycles. The van der Waals surface area contributed by atoms with Gasteiger partial charge in [0, 0.05) is 23.2 Å². The highest BCUT2D eigenvalue weighted by Crippen LogP contribution is 2.26. The lowest BCUT2D eigenvalue weighted by atomic mass is 9.86. The molecule has 3 nitrogen and oxygen atoms in total. The van der Waals surface area contributed by atoms with Gasteiger partial charge >= 0.3 is 0 Å². The SMILES string of the molecule is CCCN(CCC)C1CCc2ccc(CNC(=O)c3ccc(Cl)cc3)cc2C1. The number of rotatable bonds is 8. The molecule has 150 valence electrons. The molecule has 0 heterocycles. The van der Waals surface area contributed by atoms with Gasteiger partial charge in [-0.25, -0.2) is 0 Å². The number of halogens is 1. The first-order chi connectivity index (χ1) is 13.6. The summed E-state index contributed by atoms with van der Waals surface area (Å²) >= 11 is 5.90. The van der Waals surface area contributed by atoms with Crippen LogP contribution in [-0.2, 0) is 19.4 Å². The number of amides is 1. The molecule has 0 saturated carbocycles. The van der Waals surface area contributed by atoms with Crippen LogP contribution >= 0.6 is 11.6 Å². The van der Waals surface area contributed by atoms with Crippen LogP contribution in [0, 0.1) is 0 Å². The Hall–Kier alpha value is -1.84. The summed E-state index contributed by atoms with van der Waals surface area (Å²) in [7, 11) is 0. The van der Waals surface area contributed by atoms with Crippen molar-refractivity contribution in [1.82, 2.24) is 10.2 Å². The fourth-order valence-corrected chi connectivity index (χ4v) is 4.28. The number of aryl methyl sites for hydroxylation is 1. The van der Waals surface area contributed by atoms with Gasteiger partial charge in [-0.15, -0.1) is 0 Å². The third-order valence-corrected chi connectivity index (χ3v) is 5.82. The van der Waals surface area contributed by atoms with Gasteiger partial charge in [-0.05, 0) is 86.1 Å². The standard InChI is InChI=1S/C24H31ClN2O/c1-3-13-27(14-4-2)23-12-9-19-6-5-18(15-21(19)16-23)17-26-24(28)20-7-10-22(25)11-8-20/h5-8,10-11,15,23H,3-4,9,12-14,16-17H2,1-2H3,(H,26,28). The number of nitrogens with zero attached hydrogens (tertiary/aromatic N) is 1. The molecule has 0 radical (unpaired) electrons. The number of hydrogen-bond donors (Lipinski definition) is 1. The lowest BCUT2D eigenvalue weighted by Crippen LogP contribution is -2.40. The lowest BCUT2D eigenvalue weighted by Gasteiger charge is -2.35. The summed E-state index contributed by atoms with van der Waals surface area (Å²) in [6.45, 7) is 7.45. The van der Waals surface area contributed by atoms with E-state index < -0.39 is 0 Å². The molecule has 0 bridgehead atoms. The minimum Gasteiger partial charge on any atom is -0.348 e. The molecule has 0 saturated heterocycles. The Bertz CT molecular complexity index is 782. The van der Waals surface area contributed by atoms with Gasteiger partial charge in [-0.1, -0.05) is 43.6 Å². The Morgan fingerprint density at radius 1 is 1.07 bits per heavy atom. The van der Waals surface area contributed by atoms with Gasteiger partial charge in [0.15, 0.2) is 0 Å². The van der Waals surface area contributed by atoms with Crippen molar-refractivity contribution in [2.45, 2.75) is 58.5 Å². The second kappa shape index (κ2) is 10.1. The number of carbonyl (C=O) groups excluding carboxylic acids is 1. The average molecular weight is 399 g/mol. The third-order valence-electron chi connectivity index (χ3n) is 5.57. The number of fused-ring (bicyclic) bond motifs is 1. The number of carbonyl (C=O) groups is 1. The molecule has 1 aliphatic rings. The van der Waals surface area contributed by atoms with Gasteiger partial charge < -0.3 is 10.2 Å². The van der Waals surface area contributed by atoms with Gasteiger partial charge in [0.05, 0.1) is 0 Å². The fourth-order valence-electron chi connectivity index (χ4n) is 4.15. The summed E-state index contributed by atoms with van der Waals surface area (Å²) in [5.41, 5.74) is 4.72. The van der Waals surface area contributed by atoms with Gasteiger partial charge in [-0.2, -0.15) is 0 Å². The van der Waals surface area contributed by atoms with Crippen LogP contribution in [-0.4, -0.2) is 29.9 Å². The van der Waals surface area contributed by atoms with E-state index in [-0.39, 0.29) is 5.91 Å². The van der Waals surface area contributed by atoms with E-state index in [0.717, 1.165) is 12.8 Å². The first kappa shape index (κ1) is 20.9. The Kier molecular flexibility index (Phi) is 7.52. The molecule has 2 aromatic carbocycles. The molecule has 0 spiro atoms. The first-order valence-corrected chi connectivity index (χ1v) is 10.9. The van der Waals surface area contributed by atoms with E-state index in [9.17, 15) is 4.79 Å². The molecule has 1 aliphatic carbocycles. The van der Waals surface area contributed by atoms with Crippen molar-refractivity contribution >= 4 is 17.5 Å². The van der Waals surface area contributed by atoms with Crippen molar-refractivity contribution in [3.63, 3.8) is 0 Å². The van der Waals surface area contributed by atoms with Crippen LogP contribution < -0.4 is 5.32 Å². The van der Waals surface area contributed by atoms with Gasteiger partial charge in [0.2, 0.25) is 0 Å². The monoisotopic (exact) mass is 398 g/mol. The van der Waals surface area contributed by atoms with Crippen LogP contribution in [0.5, 0.6) is 0 Å². The van der Waals surface area contributed by atoms with Crippen LogP contribution in [0.25, 0.3) is 0 Å². The van der Waals surface area contributed by atoms with Crippen molar-refractivity contribution in [1.29, 1.82) is 0 Å². The Balaban J connectivity index is 1.63. The summed E-state index contributed by atoms with van der Waals surface area (Å²) in [6, 6.07) is 14.3. The summed E-state index contributed by atoms with van der Waals surface area (Å²) in [5, 5.41) is 3.66. The van der Waals surface area contributed by atoms with Gasteiger partial charge in [0.1, 0.15) is 0 Å². The second-order valence-electron chi connectivity index (χ2n) is 7.73. The molecule has 1 amide bonds. The van der Waals surface area contributed by atoms with Crippen LogP contribution in [0.1, 0.15) is 60.2 Å². The maximum atomic E-state index is 12.3. The van der Waals surface area contributed by atoms with E-state index in [4.69, 9.17) is 11.6 Å². The molecule has 1 atom stereocenters. The fraction of sp³-hybridized carbons (Fsp3) is 0.458. The van der Waals surface area contributed by atoms with Crippen LogP contribution in [0.2, 0.25) is 5.02 Å². The number of hydrogen-bond acceptors (Lipinski definition) is 2. The molecular formula is C24H31ClN2O. The zero-order valence-electron chi connectivity index (χ0n) is 17.0. The highest BCUT2D eigenvalue weighted by molar-refractivity contribution is 6.30. The lowest BCUT2D eigenvalue weighted by molar-refractivity contribution is 0.0951. The largest absolute Gasteiger partial charge is 0.348 e. The van der Waals surface area contributed by atoms with E-state index in [1.54, 1.807) is 24.3 Å². The summed E-state index contributed by atoms with van der Waals surface area (Å²) in [6.07, 6.45) is 5.94. The quantitative estimate of drug-likeness (QED) is 0.658. The van der Waals surface area contributed by atoms with E-state index in [2.05, 4.69) is 42.3 Å². The van der Waals surface area contributed by atoms with E-state index in [1.165, 1.54) is 49.0 Å². The minimum atomic E-state index is -0.0654. The van der Waals surface area contributed by atoms with Crippen molar-refractivity contribution in [3.05, 3.63) is 69.7 Å². The summed E-state index contributed by atoms with van der Waals surface area (Å²) in [5.74, 6) is -0.0654. The smallest absolute Gasteiger partial charge is 0.251 e. The average Bonchev–Trinajstić information content (AvgIpc) is 2.72. The minimum absolute atomic E-state index is 0.0654.